The van der Waals surface area contributed by atoms with Gasteiger partial charge in [0.15, 0.2) is 18.1 Å². The number of hydrogen-bond donors (Lipinski definition) is 5. The summed E-state index contributed by atoms with van der Waals surface area (Å²) in [5, 5.41) is 37.0. The highest BCUT2D eigenvalue weighted by Crippen LogP contribution is 2.28. The molecule has 44 heavy (non-hydrogen) atoms. The van der Waals surface area contributed by atoms with Gasteiger partial charge in [-0.15, -0.1) is 0 Å². The number of aliphatic hydroxyl groups is 1. The van der Waals surface area contributed by atoms with E-state index >= 15 is 0 Å². The van der Waals surface area contributed by atoms with E-state index in [4.69, 9.17) is 19.5 Å². The number of carbonyl (C=O) groups is 3. The van der Waals surface area contributed by atoms with Gasteiger partial charge in [0.1, 0.15) is 30.5 Å². The number of phenols is 1. The SMILES string of the molecule is CCOc1cc(/C=N\NC(=O)[C@H](Cc2ccc(O)cc2)NC(=O)[C@H](CO)NC(=O)OCc2ccccc2)ccc1OCC#N. The van der Waals surface area contributed by atoms with Gasteiger partial charge in [-0.05, 0) is 53.9 Å². The van der Waals surface area contributed by atoms with Gasteiger partial charge in [-0.3, -0.25) is 9.59 Å². The van der Waals surface area contributed by atoms with Crippen molar-refractivity contribution in [1.82, 2.24) is 16.1 Å². The lowest BCUT2D eigenvalue weighted by Crippen LogP contribution is -2.55. The Morgan fingerprint density at radius 2 is 1.68 bits per heavy atom. The van der Waals surface area contributed by atoms with E-state index in [1.54, 1.807) is 61.5 Å². The molecule has 0 radical (unpaired) electrons. The summed E-state index contributed by atoms with van der Waals surface area (Å²) in [6.45, 7) is 1.20. The third-order valence-corrected chi connectivity index (χ3v) is 5.96. The highest BCUT2D eigenvalue weighted by Gasteiger charge is 2.27. The zero-order valence-corrected chi connectivity index (χ0v) is 23.9. The number of nitrogens with one attached hydrogen (secondary N) is 3. The average Bonchev–Trinajstić information content (AvgIpc) is 3.03. The first-order chi connectivity index (χ1) is 21.3. The number of hydrogen-bond acceptors (Lipinski definition) is 10. The molecule has 3 amide bonds. The van der Waals surface area contributed by atoms with Crippen LogP contribution in [0.2, 0.25) is 0 Å². The molecular weight excluding hydrogens is 570 g/mol. The number of hydrazone groups is 1. The molecule has 0 spiro atoms. The van der Waals surface area contributed by atoms with E-state index in [2.05, 4.69) is 21.2 Å². The van der Waals surface area contributed by atoms with Crippen molar-refractivity contribution in [2.45, 2.75) is 32.0 Å². The summed E-state index contributed by atoms with van der Waals surface area (Å²) < 4.78 is 16.0. The van der Waals surface area contributed by atoms with E-state index in [9.17, 15) is 24.6 Å². The van der Waals surface area contributed by atoms with Crippen molar-refractivity contribution < 1.29 is 38.8 Å². The van der Waals surface area contributed by atoms with Crippen LogP contribution in [0.5, 0.6) is 17.2 Å². The minimum atomic E-state index is -1.41. The Kier molecular flexibility index (Phi) is 13.0. The van der Waals surface area contributed by atoms with Crippen LogP contribution in [0.15, 0.2) is 77.9 Å². The summed E-state index contributed by atoms with van der Waals surface area (Å²) in [5.41, 5.74) is 4.27. The Labute approximate surface area is 254 Å². The third kappa shape index (κ3) is 10.7. The number of carbonyl (C=O) groups excluding carboxylic acids is 3. The standard InChI is InChI=1S/C31H33N5O8/c1-2-42-28-17-23(10-13-27(28)43-15-14-32)18-33-36-30(40)25(16-21-8-11-24(38)12-9-21)34-29(39)26(19-37)35-31(41)44-20-22-6-4-3-5-7-22/h3-13,17-18,25-26,37-38H,2,15-16,19-20H2,1H3,(H,34,39)(H,35,41)(H,36,40)/b33-18-/t25-,26-/m0/s1. The summed E-state index contributed by atoms with van der Waals surface area (Å²) in [6, 6.07) is 19.1. The Morgan fingerprint density at radius 3 is 2.36 bits per heavy atom. The van der Waals surface area contributed by atoms with Gasteiger partial charge in [-0.25, -0.2) is 10.2 Å². The Bertz CT molecular complexity index is 1460. The lowest BCUT2D eigenvalue weighted by atomic mass is 10.0. The maximum Gasteiger partial charge on any atom is 0.408 e. The highest BCUT2D eigenvalue weighted by atomic mass is 16.5. The monoisotopic (exact) mass is 603 g/mol. The van der Waals surface area contributed by atoms with Gasteiger partial charge >= 0.3 is 6.09 Å². The van der Waals surface area contributed by atoms with Crippen LogP contribution in [0, 0.1) is 11.3 Å². The molecule has 0 aromatic heterocycles. The fourth-order valence-corrected chi connectivity index (χ4v) is 3.80. The van der Waals surface area contributed by atoms with Crippen LogP contribution in [0.3, 0.4) is 0 Å². The maximum atomic E-state index is 13.1. The number of aromatic hydroxyl groups is 1. The number of alkyl carbamates (subject to hydrolysis) is 1. The molecule has 0 aliphatic rings. The quantitative estimate of drug-likeness (QED) is 0.128. The number of phenolic OH excluding ortho intramolecular Hbond substituents is 1. The molecule has 0 saturated carbocycles. The smallest absolute Gasteiger partial charge is 0.408 e. The second-order valence-corrected chi connectivity index (χ2v) is 9.19. The van der Waals surface area contributed by atoms with Crippen molar-refractivity contribution in [3.8, 4) is 23.3 Å². The summed E-state index contributed by atoms with van der Waals surface area (Å²) in [4.78, 5) is 38.4. The number of nitrogens with zero attached hydrogens (tertiary/aromatic N) is 2. The largest absolute Gasteiger partial charge is 0.508 e. The number of rotatable bonds is 15. The van der Waals surface area contributed by atoms with Crippen LogP contribution < -0.4 is 25.5 Å². The van der Waals surface area contributed by atoms with E-state index in [0.29, 0.717) is 29.2 Å². The molecule has 0 bridgehead atoms. The van der Waals surface area contributed by atoms with E-state index in [1.807, 2.05) is 12.1 Å². The van der Waals surface area contributed by atoms with Crippen LogP contribution >= 0.6 is 0 Å². The zero-order chi connectivity index (χ0) is 31.7. The summed E-state index contributed by atoms with van der Waals surface area (Å²) in [5.74, 6) is -0.730. The van der Waals surface area contributed by atoms with Crippen LogP contribution in [0.4, 0.5) is 4.79 Å². The fourth-order valence-electron chi connectivity index (χ4n) is 3.80. The second-order valence-electron chi connectivity index (χ2n) is 9.19. The molecule has 230 valence electrons. The lowest BCUT2D eigenvalue weighted by Gasteiger charge is -2.21. The molecule has 5 N–H and O–H groups in total. The van der Waals surface area contributed by atoms with Gasteiger partial charge in [0, 0.05) is 6.42 Å². The average molecular weight is 604 g/mol. The van der Waals surface area contributed by atoms with Crippen molar-refractivity contribution in [2.75, 3.05) is 19.8 Å². The van der Waals surface area contributed by atoms with Gasteiger partial charge < -0.3 is 35.1 Å². The van der Waals surface area contributed by atoms with Crippen molar-refractivity contribution in [3.05, 3.63) is 89.5 Å². The second kappa shape index (κ2) is 17.4. The number of amides is 3. The Hall–Kier alpha value is -5.61. The van der Waals surface area contributed by atoms with Crippen LogP contribution in [0.25, 0.3) is 0 Å². The maximum absolute atomic E-state index is 13.1. The minimum Gasteiger partial charge on any atom is -0.508 e. The lowest BCUT2D eigenvalue weighted by molar-refractivity contribution is -0.130. The van der Waals surface area contributed by atoms with E-state index in [-0.39, 0.29) is 25.4 Å². The number of benzene rings is 3. The normalized spacial score (nSPS) is 11.9. The van der Waals surface area contributed by atoms with Crippen molar-refractivity contribution in [3.63, 3.8) is 0 Å². The molecule has 3 aromatic rings. The van der Waals surface area contributed by atoms with E-state index in [0.717, 1.165) is 5.56 Å². The van der Waals surface area contributed by atoms with Gasteiger partial charge in [0.2, 0.25) is 5.91 Å². The molecule has 13 nitrogen and oxygen atoms in total. The first-order valence-corrected chi connectivity index (χ1v) is 13.6. The summed E-state index contributed by atoms with van der Waals surface area (Å²) in [7, 11) is 0. The minimum absolute atomic E-state index is 0.00337. The molecule has 0 unspecified atom stereocenters. The summed E-state index contributed by atoms with van der Waals surface area (Å²) in [6.07, 6.45) is 0.431. The molecule has 0 heterocycles. The molecule has 0 fully saturated rings. The topological polar surface area (TPSA) is 192 Å². The number of aliphatic hydroxyl groups excluding tert-OH is 1. The predicted octanol–water partition coefficient (Wildman–Crippen LogP) is 2.16. The first-order valence-electron chi connectivity index (χ1n) is 13.6. The first kappa shape index (κ1) is 32.9. The Balaban J connectivity index is 1.68. The predicted molar refractivity (Wildman–Crippen MR) is 159 cm³/mol. The number of nitriles is 1. The summed E-state index contributed by atoms with van der Waals surface area (Å²) >= 11 is 0. The van der Waals surface area contributed by atoms with E-state index < -0.39 is 36.6 Å². The van der Waals surface area contributed by atoms with Crippen LogP contribution in [0.1, 0.15) is 23.6 Å². The third-order valence-electron chi connectivity index (χ3n) is 5.96. The Morgan fingerprint density at radius 1 is 0.932 bits per heavy atom. The zero-order valence-electron chi connectivity index (χ0n) is 23.9. The van der Waals surface area contributed by atoms with Gasteiger partial charge in [0.05, 0.1) is 19.4 Å². The van der Waals surface area contributed by atoms with Crippen molar-refractivity contribution >= 4 is 24.1 Å². The molecule has 0 saturated heterocycles. The van der Waals surface area contributed by atoms with Gasteiger partial charge in [-0.2, -0.15) is 10.4 Å². The highest BCUT2D eigenvalue weighted by molar-refractivity contribution is 5.92. The van der Waals surface area contributed by atoms with Crippen molar-refractivity contribution in [1.29, 1.82) is 5.26 Å². The van der Waals surface area contributed by atoms with Crippen LogP contribution in [-0.2, 0) is 27.4 Å². The molecule has 0 aliphatic carbocycles. The molecule has 3 rings (SSSR count). The molecule has 13 heteroatoms. The van der Waals surface area contributed by atoms with Crippen molar-refractivity contribution in [2.24, 2.45) is 5.10 Å². The molecule has 0 aliphatic heterocycles. The van der Waals surface area contributed by atoms with E-state index in [1.165, 1.54) is 18.3 Å². The van der Waals surface area contributed by atoms with Gasteiger partial charge in [-0.1, -0.05) is 42.5 Å². The fraction of sp³-hybridized carbons (Fsp3) is 0.258. The molecule has 3 aromatic carbocycles. The molecule has 2 atom stereocenters. The van der Waals surface area contributed by atoms with Gasteiger partial charge in [0.25, 0.3) is 5.91 Å². The van der Waals surface area contributed by atoms with Crippen LogP contribution in [-0.4, -0.2) is 66.2 Å². The number of ether oxygens (including phenoxy) is 3. The molecular formula is C31H33N5O8.